The maximum Gasteiger partial charge on any atom is 0.255 e. The van der Waals surface area contributed by atoms with Crippen molar-refractivity contribution in [2.75, 3.05) is 25.6 Å². The van der Waals surface area contributed by atoms with Crippen LogP contribution in [-0.4, -0.2) is 26.2 Å². The normalized spacial score (nSPS) is 10.4. The van der Waals surface area contributed by atoms with Crippen molar-refractivity contribution in [2.24, 2.45) is 5.92 Å². The van der Waals surface area contributed by atoms with Crippen molar-refractivity contribution in [3.05, 3.63) is 48.0 Å². The summed E-state index contributed by atoms with van der Waals surface area (Å²) >= 11 is 0. The van der Waals surface area contributed by atoms with Crippen molar-refractivity contribution < 1.29 is 19.0 Å². The van der Waals surface area contributed by atoms with Gasteiger partial charge in [-0.25, -0.2) is 0 Å². The molecule has 1 amide bonds. The van der Waals surface area contributed by atoms with E-state index in [1.54, 1.807) is 49.6 Å². The summed E-state index contributed by atoms with van der Waals surface area (Å²) in [7, 11) is 1.60. The first-order valence-electron chi connectivity index (χ1n) is 8.38. The molecule has 0 saturated heterocycles. The van der Waals surface area contributed by atoms with E-state index in [9.17, 15) is 4.79 Å². The van der Waals surface area contributed by atoms with Gasteiger partial charge in [0.25, 0.3) is 5.91 Å². The number of hydrogen-bond acceptors (Lipinski definition) is 4. The van der Waals surface area contributed by atoms with E-state index in [2.05, 4.69) is 19.2 Å². The molecule has 0 fully saturated rings. The Labute approximate surface area is 148 Å². The van der Waals surface area contributed by atoms with Crippen LogP contribution in [-0.2, 0) is 0 Å². The SMILES string of the molecule is CCOc1cc(C(=O)Nc2ccc(OC)cc2)ccc1OCC(C)C. The summed E-state index contributed by atoms with van der Waals surface area (Å²) in [4.78, 5) is 12.5. The minimum atomic E-state index is -0.207. The Morgan fingerprint density at radius 3 is 2.36 bits per heavy atom. The molecular weight excluding hydrogens is 318 g/mol. The molecule has 0 heterocycles. The molecule has 5 nitrogen and oxygen atoms in total. The minimum Gasteiger partial charge on any atom is -0.497 e. The third kappa shape index (κ3) is 5.41. The van der Waals surface area contributed by atoms with E-state index in [1.165, 1.54) is 0 Å². The Morgan fingerprint density at radius 2 is 1.76 bits per heavy atom. The van der Waals surface area contributed by atoms with Crippen LogP contribution in [0.1, 0.15) is 31.1 Å². The monoisotopic (exact) mass is 343 g/mol. The summed E-state index contributed by atoms with van der Waals surface area (Å²) in [6.45, 7) is 7.16. The average molecular weight is 343 g/mol. The second-order valence-electron chi connectivity index (χ2n) is 5.98. The van der Waals surface area contributed by atoms with E-state index in [1.807, 2.05) is 6.92 Å². The van der Waals surface area contributed by atoms with Gasteiger partial charge in [0, 0.05) is 11.3 Å². The highest BCUT2D eigenvalue weighted by molar-refractivity contribution is 6.04. The molecule has 134 valence electrons. The summed E-state index contributed by atoms with van der Waals surface area (Å²) in [5.41, 5.74) is 1.21. The van der Waals surface area contributed by atoms with Crippen LogP contribution >= 0.6 is 0 Å². The van der Waals surface area contributed by atoms with Crippen LogP contribution in [0.25, 0.3) is 0 Å². The number of anilines is 1. The van der Waals surface area contributed by atoms with Crippen LogP contribution in [0, 0.1) is 5.92 Å². The lowest BCUT2D eigenvalue weighted by Gasteiger charge is -2.14. The fraction of sp³-hybridized carbons (Fsp3) is 0.350. The van der Waals surface area contributed by atoms with Crippen LogP contribution < -0.4 is 19.5 Å². The van der Waals surface area contributed by atoms with Crippen molar-refractivity contribution in [1.29, 1.82) is 0 Å². The van der Waals surface area contributed by atoms with Crippen LogP contribution in [0.15, 0.2) is 42.5 Å². The first kappa shape index (κ1) is 18.6. The van der Waals surface area contributed by atoms with Gasteiger partial charge in [-0.1, -0.05) is 13.8 Å². The lowest BCUT2D eigenvalue weighted by molar-refractivity contribution is 0.102. The molecule has 0 aliphatic heterocycles. The van der Waals surface area contributed by atoms with E-state index >= 15 is 0 Å². The van der Waals surface area contributed by atoms with Crippen molar-refractivity contribution in [1.82, 2.24) is 0 Å². The summed E-state index contributed by atoms with van der Waals surface area (Å²) < 4.78 is 16.5. The number of nitrogens with one attached hydrogen (secondary N) is 1. The summed E-state index contributed by atoms with van der Waals surface area (Å²) in [5, 5.41) is 2.86. The van der Waals surface area contributed by atoms with E-state index in [0.29, 0.717) is 41.9 Å². The highest BCUT2D eigenvalue weighted by atomic mass is 16.5. The Balaban J connectivity index is 2.13. The molecule has 0 radical (unpaired) electrons. The first-order chi connectivity index (χ1) is 12.0. The van der Waals surface area contributed by atoms with E-state index in [-0.39, 0.29) is 5.91 Å². The van der Waals surface area contributed by atoms with E-state index in [0.717, 1.165) is 5.75 Å². The number of rotatable bonds is 8. The molecule has 5 heteroatoms. The molecule has 0 unspecified atom stereocenters. The van der Waals surface area contributed by atoms with Crippen molar-refractivity contribution >= 4 is 11.6 Å². The molecule has 0 saturated carbocycles. The van der Waals surface area contributed by atoms with Gasteiger partial charge in [-0.05, 0) is 55.3 Å². The van der Waals surface area contributed by atoms with E-state index < -0.39 is 0 Å². The van der Waals surface area contributed by atoms with Crippen LogP contribution in [0.5, 0.6) is 17.2 Å². The van der Waals surface area contributed by atoms with Crippen molar-refractivity contribution in [3.8, 4) is 17.2 Å². The number of carbonyl (C=O) groups is 1. The van der Waals surface area contributed by atoms with Gasteiger partial charge >= 0.3 is 0 Å². The smallest absolute Gasteiger partial charge is 0.255 e. The Hall–Kier alpha value is -2.69. The van der Waals surface area contributed by atoms with Gasteiger partial charge in [-0.2, -0.15) is 0 Å². The first-order valence-corrected chi connectivity index (χ1v) is 8.38. The van der Waals surface area contributed by atoms with Gasteiger partial charge in [0.15, 0.2) is 11.5 Å². The highest BCUT2D eigenvalue weighted by Gasteiger charge is 2.12. The third-order valence-corrected chi connectivity index (χ3v) is 3.43. The topological polar surface area (TPSA) is 56.8 Å². The number of amides is 1. The van der Waals surface area contributed by atoms with Gasteiger partial charge in [-0.3, -0.25) is 4.79 Å². The molecule has 2 aromatic rings. The minimum absolute atomic E-state index is 0.207. The highest BCUT2D eigenvalue weighted by Crippen LogP contribution is 2.29. The van der Waals surface area contributed by atoms with Gasteiger partial charge in [0.05, 0.1) is 20.3 Å². The molecule has 0 aromatic heterocycles. The number of methoxy groups -OCH3 is 1. The quantitative estimate of drug-likeness (QED) is 0.773. The van der Waals surface area contributed by atoms with Gasteiger partial charge in [-0.15, -0.1) is 0 Å². The fourth-order valence-corrected chi connectivity index (χ4v) is 2.17. The Morgan fingerprint density at radius 1 is 1.04 bits per heavy atom. The number of benzene rings is 2. The lowest BCUT2D eigenvalue weighted by atomic mass is 10.1. The Bertz CT molecular complexity index is 695. The maximum atomic E-state index is 12.5. The lowest BCUT2D eigenvalue weighted by Crippen LogP contribution is -2.13. The summed E-state index contributed by atoms with van der Waals surface area (Å²) in [6.07, 6.45) is 0. The van der Waals surface area contributed by atoms with Crippen molar-refractivity contribution in [3.63, 3.8) is 0 Å². The number of carbonyl (C=O) groups excluding carboxylic acids is 1. The summed E-state index contributed by atoms with van der Waals surface area (Å²) in [6, 6.07) is 12.4. The van der Waals surface area contributed by atoms with Gasteiger partial charge in [0.2, 0.25) is 0 Å². The van der Waals surface area contributed by atoms with Crippen LogP contribution in [0.3, 0.4) is 0 Å². The zero-order chi connectivity index (χ0) is 18.2. The molecule has 0 spiro atoms. The molecule has 0 aliphatic carbocycles. The predicted octanol–water partition coefficient (Wildman–Crippen LogP) is 4.38. The number of hydrogen-bond donors (Lipinski definition) is 1. The molecule has 2 aromatic carbocycles. The standard InChI is InChI=1S/C20H25NO4/c1-5-24-19-12-15(6-11-18(19)25-13-14(2)3)20(22)21-16-7-9-17(23-4)10-8-16/h6-12,14H,5,13H2,1-4H3,(H,21,22). The Kier molecular flexibility index (Phi) is 6.69. The summed E-state index contributed by atoms with van der Waals surface area (Å²) in [5.74, 6) is 2.17. The van der Waals surface area contributed by atoms with Crippen LogP contribution in [0.4, 0.5) is 5.69 Å². The zero-order valence-corrected chi connectivity index (χ0v) is 15.2. The zero-order valence-electron chi connectivity index (χ0n) is 15.2. The number of ether oxygens (including phenoxy) is 3. The molecule has 1 N–H and O–H groups in total. The molecule has 25 heavy (non-hydrogen) atoms. The third-order valence-electron chi connectivity index (χ3n) is 3.43. The average Bonchev–Trinajstić information content (AvgIpc) is 2.61. The largest absolute Gasteiger partial charge is 0.497 e. The second kappa shape index (κ2) is 8.97. The molecule has 0 bridgehead atoms. The van der Waals surface area contributed by atoms with Gasteiger partial charge in [0.1, 0.15) is 5.75 Å². The molecule has 0 aliphatic rings. The van der Waals surface area contributed by atoms with E-state index in [4.69, 9.17) is 14.2 Å². The van der Waals surface area contributed by atoms with Gasteiger partial charge < -0.3 is 19.5 Å². The molecule has 0 atom stereocenters. The second-order valence-corrected chi connectivity index (χ2v) is 5.98. The molecule has 2 rings (SSSR count). The maximum absolute atomic E-state index is 12.5. The fourth-order valence-electron chi connectivity index (χ4n) is 2.17. The predicted molar refractivity (Wildman–Crippen MR) is 98.9 cm³/mol. The molecular formula is C20H25NO4. The van der Waals surface area contributed by atoms with Crippen molar-refractivity contribution in [2.45, 2.75) is 20.8 Å². The van der Waals surface area contributed by atoms with Crippen LogP contribution in [0.2, 0.25) is 0 Å².